The van der Waals surface area contributed by atoms with Crippen LogP contribution < -0.4 is 5.32 Å². The molecule has 0 aliphatic carbocycles. The lowest BCUT2D eigenvalue weighted by Crippen LogP contribution is -2.31. The molecule has 27 heavy (non-hydrogen) atoms. The summed E-state index contributed by atoms with van der Waals surface area (Å²) in [6.07, 6.45) is -0.551. The highest BCUT2D eigenvalue weighted by Crippen LogP contribution is 2.22. The molecule has 0 saturated heterocycles. The van der Waals surface area contributed by atoms with E-state index in [-0.39, 0.29) is 17.0 Å². The van der Waals surface area contributed by atoms with Crippen molar-refractivity contribution in [2.75, 3.05) is 0 Å². The number of aromatic nitrogens is 2. The number of halogens is 2. The number of carbonyl (C=O) groups is 2. The van der Waals surface area contributed by atoms with Gasteiger partial charge in [0.05, 0.1) is 18.0 Å². The molecule has 1 amide bonds. The molecule has 3 aromatic rings. The number of nitrogens with zero attached hydrogens (tertiary/aromatic N) is 2. The van der Waals surface area contributed by atoms with Crippen LogP contribution in [0.2, 0.25) is 0 Å². The van der Waals surface area contributed by atoms with Gasteiger partial charge in [-0.1, -0.05) is 35.5 Å². The Kier molecular flexibility index (Phi) is 5.20. The second-order valence-corrected chi connectivity index (χ2v) is 5.55. The van der Waals surface area contributed by atoms with Crippen molar-refractivity contribution in [3.63, 3.8) is 0 Å². The maximum atomic E-state index is 14.0. The first kappa shape index (κ1) is 18.2. The Morgan fingerprint density at radius 2 is 1.74 bits per heavy atom. The van der Waals surface area contributed by atoms with Gasteiger partial charge in [-0.3, -0.25) is 9.59 Å². The average Bonchev–Trinajstić information content (AvgIpc) is 3.11. The average molecular weight is 373 g/mol. The molecule has 0 saturated carbocycles. The van der Waals surface area contributed by atoms with Crippen LogP contribution in [0.1, 0.15) is 28.6 Å². The van der Waals surface area contributed by atoms with Gasteiger partial charge >= 0.3 is 5.97 Å². The van der Waals surface area contributed by atoms with Gasteiger partial charge in [0, 0.05) is 5.56 Å². The van der Waals surface area contributed by atoms with Crippen molar-refractivity contribution in [1.29, 1.82) is 0 Å². The minimum atomic E-state index is -1.23. The first-order valence-corrected chi connectivity index (χ1v) is 7.81. The number of carbonyl (C=O) groups excluding carboxylic acids is 1. The predicted octanol–water partition coefficient (Wildman–Crippen LogP) is 2.96. The normalized spacial score (nSPS) is 11.8. The smallest absolute Gasteiger partial charge is 0.305 e. The first-order valence-electron chi connectivity index (χ1n) is 7.81. The lowest BCUT2D eigenvalue weighted by atomic mass is 10.0. The topological polar surface area (TPSA) is 105 Å². The van der Waals surface area contributed by atoms with Gasteiger partial charge in [0.2, 0.25) is 0 Å². The number of carboxylic acids is 1. The Morgan fingerprint density at radius 3 is 2.41 bits per heavy atom. The van der Waals surface area contributed by atoms with Crippen LogP contribution in [-0.2, 0) is 4.79 Å². The molecule has 0 aliphatic heterocycles. The van der Waals surface area contributed by atoms with Crippen LogP contribution in [0.5, 0.6) is 0 Å². The number of amides is 1. The zero-order valence-corrected chi connectivity index (χ0v) is 13.7. The van der Waals surface area contributed by atoms with Crippen LogP contribution in [0, 0.1) is 11.6 Å². The van der Waals surface area contributed by atoms with E-state index in [1.807, 2.05) is 0 Å². The van der Waals surface area contributed by atoms with Gasteiger partial charge in [-0.05, 0) is 18.2 Å². The van der Waals surface area contributed by atoms with E-state index in [9.17, 15) is 18.4 Å². The highest BCUT2D eigenvalue weighted by Gasteiger charge is 2.24. The summed E-state index contributed by atoms with van der Waals surface area (Å²) in [5.41, 5.74) is 0.0197. The molecule has 1 atom stereocenters. The second-order valence-electron chi connectivity index (χ2n) is 5.55. The van der Waals surface area contributed by atoms with Crippen LogP contribution in [0.3, 0.4) is 0 Å². The first-order chi connectivity index (χ1) is 13.0. The number of hydrogen-bond acceptors (Lipinski definition) is 5. The van der Waals surface area contributed by atoms with Gasteiger partial charge in [0.25, 0.3) is 17.6 Å². The maximum absolute atomic E-state index is 14.0. The zero-order chi connectivity index (χ0) is 19.4. The van der Waals surface area contributed by atoms with Gasteiger partial charge in [0.15, 0.2) is 0 Å². The van der Waals surface area contributed by atoms with Crippen molar-refractivity contribution in [2.45, 2.75) is 12.5 Å². The molecule has 0 fully saturated rings. The second kappa shape index (κ2) is 7.73. The van der Waals surface area contributed by atoms with Crippen molar-refractivity contribution >= 4 is 11.9 Å². The van der Waals surface area contributed by atoms with E-state index < -0.39 is 41.8 Å². The standard InChI is InChI=1S/C18H13F2N3O4/c19-12-7-3-1-5-10(12)14(9-15(24)25)21-17(26)16-22-18(27-23-16)11-6-2-4-8-13(11)20/h1-8,14H,9H2,(H,21,26)(H,24,25). The van der Waals surface area contributed by atoms with Crippen LogP contribution in [0.15, 0.2) is 53.1 Å². The largest absolute Gasteiger partial charge is 0.481 e. The summed E-state index contributed by atoms with van der Waals surface area (Å²) >= 11 is 0. The number of hydrogen-bond donors (Lipinski definition) is 2. The van der Waals surface area contributed by atoms with Crippen molar-refractivity contribution in [3.8, 4) is 11.5 Å². The quantitative estimate of drug-likeness (QED) is 0.688. The van der Waals surface area contributed by atoms with Crippen LogP contribution in [-0.4, -0.2) is 27.1 Å². The fraction of sp³-hybridized carbons (Fsp3) is 0.111. The fourth-order valence-corrected chi connectivity index (χ4v) is 2.45. The summed E-state index contributed by atoms with van der Waals surface area (Å²) in [5, 5.41) is 14.9. The fourth-order valence-electron chi connectivity index (χ4n) is 2.45. The molecule has 2 aromatic carbocycles. The molecule has 0 bridgehead atoms. The van der Waals surface area contributed by atoms with E-state index in [4.69, 9.17) is 9.63 Å². The van der Waals surface area contributed by atoms with E-state index in [0.29, 0.717) is 0 Å². The minimum Gasteiger partial charge on any atom is -0.481 e. The molecule has 2 N–H and O–H groups in total. The summed E-state index contributed by atoms with van der Waals surface area (Å²) in [7, 11) is 0. The van der Waals surface area contributed by atoms with E-state index >= 15 is 0 Å². The molecule has 1 heterocycles. The molecule has 0 spiro atoms. The molecule has 138 valence electrons. The minimum absolute atomic E-state index is 0.00562. The molecule has 1 aromatic heterocycles. The number of carboxylic acid groups (broad SMARTS) is 1. The Hall–Kier alpha value is -3.62. The van der Waals surface area contributed by atoms with E-state index in [2.05, 4.69) is 15.5 Å². The summed E-state index contributed by atoms with van der Waals surface area (Å²) < 4.78 is 32.6. The third-order valence-electron chi connectivity index (χ3n) is 3.70. The molecule has 3 rings (SSSR count). The lowest BCUT2D eigenvalue weighted by molar-refractivity contribution is -0.137. The highest BCUT2D eigenvalue weighted by atomic mass is 19.1. The summed E-state index contributed by atoms with van der Waals surface area (Å²) in [5.74, 6) is -4.02. The summed E-state index contributed by atoms with van der Waals surface area (Å²) in [6.45, 7) is 0. The van der Waals surface area contributed by atoms with E-state index in [1.54, 1.807) is 6.07 Å². The van der Waals surface area contributed by atoms with Gasteiger partial charge in [-0.15, -0.1) is 0 Å². The molecule has 9 heteroatoms. The SMILES string of the molecule is O=C(O)CC(NC(=O)c1noc(-c2ccccc2F)n1)c1ccccc1F. The summed E-state index contributed by atoms with van der Waals surface area (Å²) in [4.78, 5) is 27.2. The Balaban J connectivity index is 1.83. The van der Waals surface area contributed by atoms with E-state index in [1.165, 1.54) is 36.4 Å². The molecular formula is C18H13F2N3O4. The highest BCUT2D eigenvalue weighted by molar-refractivity contribution is 5.91. The number of aliphatic carboxylic acids is 1. The monoisotopic (exact) mass is 373 g/mol. The van der Waals surface area contributed by atoms with Crippen molar-refractivity contribution in [1.82, 2.24) is 15.5 Å². The van der Waals surface area contributed by atoms with Crippen LogP contribution in [0.25, 0.3) is 11.5 Å². The van der Waals surface area contributed by atoms with Crippen molar-refractivity contribution in [3.05, 3.63) is 71.6 Å². The number of rotatable bonds is 6. The Labute approximate surface area is 151 Å². The van der Waals surface area contributed by atoms with Gasteiger partial charge in [-0.25, -0.2) is 8.78 Å². The van der Waals surface area contributed by atoms with E-state index in [0.717, 1.165) is 6.07 Å². The molecule has 1 unspecified atom stereocenters. The molecule has 0 radical (unpaired) electrons. The maximum Gasteiger partial charge on any atom is 0.305 e. The summed E-state index contributed by atoms with van der Waals surface area (Å²) in [6, 6.07) is 9.97. The van der Waals surface area contributed by atoms with Gasteiger partial charge in [0.1, 0.15) is 11.6 Å². The van der Waals surface area contributed by atoms with Crippen molar-refractivity contribution in [2.24, 2.45) is 0 Å². The third-order valence-corrected chi connectivity index (χ3v) is 3.70. The van der Waals surface area contributed by atoms with Gasteiger partial charge in [-0.2, -0.15) is 4.98 Å². The predicted molar refractivity (Wildman–Crippen MR) is 88.6 cm³/mol. The molecule has 7 nitrogen and oxygen atoms in total. The Bertz CT molecular complexity index is 990. The van der Waals surface area contributed by atoms with Gasteiger partial charge < -0.3 is 14.9 Å². The number of nitrogens with one attached hydrogen (secondary N) is 1. The van der Waals surface area contributed by atoms with Crippen molar-refractivity contribution < 1.29 is 28.0 Å². The molecular weight excluding hydrogens is 360 g/mol. The number of benzene rings is 2. The lowest BCUT2D eigenvalue weighted by Gasteiger charge is -2.16. The zero-order valence-electron chi connectivity index (χ0n) is 13.7. The van der Waals surface area contributed by atoms with Crippen LogP contribution >= 0.6 is 0 Å². The Morgan fingerprint density at radius 1 is 1.07 bits per heavy atom. The van der Waals surface area contributed by atoms with Crippen LogP contribution in [0.4, 0.5) is 8.78 Å². The third kappa shape index (κ3) is 4.14. The molecule has 0 aliphatic rings.